The van der Waals surface area contributed by atoms with Gasteiger partial charge in [0.25, 0.3) is 0 Å². The van der Waals surface area contributed by atoms with E-state index in [4.69, 9.17) is 30.3 Å². The summed E-state index contributed by atoms with van der Waals surface area (Å²) in [6, 6.07) is 18.3. The average Bonchev–Trinajstić information content (AvgIpc) is 3.51. The molecule has 0 amide bonds. The van der Waals surface area contributed by atoms with E-state index in [1.165, 1.54) is 11.3 Å². The van der Waals surface area contributed by atoms with Crippen LogP contribution in [0.15, 0.2) is 58.8 Å². The van der Waals surface area contributed by atoms with E-state index in [0.29, 0.717) is 79.4 Å². The smallest absolute Gasteiger partial charge is 0.309 e. The van der Waals surface area contributed by atoms with Crippen molar-refractivity contribution in [1.82, 2.24) is 0 Å². The summed E-state index contributed by atoms with van der Waals surface area (Å²) < 4.78 is 28.6. The minimum atomic E-state index is -0.329. The van der Waals surface area contributed by atoms with Crippen LogP contribution in [-0.2, 0) is 33.3 Å². The van der Waals surface area contributed by atoms with Crippen LogP contribution in [0.1, 0.15) is 67.2 Å². The van der Waals surface area contributed by atoms with Gasteiger partial charge in [-0.05, 0) is 75.4 Å². The highest BCUT2D eigenvalue weighted by molar-refractivity contribution is 7.17. The summed E-state index contributed by atoms with van der Waals surface area (Å²) in [7, 11) is 0. The molecule has 0 N–H and O–H groups in total. The molecule has 0 spiro atoms. The summed E-state index contributed by atoms with van der Waals surface area (Å²) in [5.41, 5.74) is 4.74. The molecule has 0 bridgehead atoms. The first-order chi connectivity index (χ1) is 26.3. The molecule has 1 fully saturated rings. The molecule has 13 heteroatoms. The van der Waals surface area contributed by atoms with Crippen molar-refractivity contribution in [3.8, 4) is 6.07 Å². The average molecular weight is 758 g/mol. The van der Waals surface area contributed by atoms with E-state index in [-0.39, 0.29) is 42.9 Å². The second-order valence-electron chi connectivity index (χ2n) is 13.0. The maximum Gasteiger partial charge on any atom is 0.309 e. The van der Waals surface area contributed by atoms with E-state index in [1.807, 2.05) is 37.3 Å². The molecule has 0 aliphatic heterocycles. The summed E-state index contributed by atoms with van der Waals surface area (Å²) in [6.45, 7) is 19.2. The summed E-state index contributed by atoms with van der Waals surface area (Å²) in [5.74, 6) is -0.782. The van der Waals surface area contributed by atoms with Crippen LogP contribution in [0.3, 0.4) is 0 Å². The zero-order valence-corrected chi connectivity index (χ0v) is 32.6. The van der Waals surface area contributed by atoms with Gasteiger partial charge in [0.1, 0.15) is 29.6 Å². The fourth-order valence-corrected chi connectivity index (χ4v) is 7.25. The lowest BCUT2D eigenvalue weighted by Gasteiger charge is -2.29. The lowest BCUT2D eigenvalue weighted by molar-refractivity contribution is -0.155. The van der Waals surface area contributed by atoms with Gasteiger partial charge in [0, 0.05) is 24.7 Å². The molecular weight excluding hydrogens is 707 g/mol. The van der Waals surface area contributed by atoms with Gasteiger partial charge in [0.2, 0.25) is 5.69 Å². The number of nitrogens with zero attached hydrogens (tertiary/aromatic N) is 5. The second-order valence-corrected chi connectivity index (χ2v) is 14.0. The highest BCUT2D eigenvalue weighted by atomic mass is 32.1. The molecule has 0 radical (unpaired) electrons. The third kappa shape index (κ3) is 12.5. The van der Waals surface area contributed by atoms with Crippen LogP contribution < -0.4 is 4.90 Å². The fourth-order valence-electron chi connectivity index (χ4n) is 6.38. The highest BCUT2D eigenvalue weighted by Gasteiger charge is 2.34. The van der Waals surface area contributed by atoms with E-state index in [9.17, 15) is 14.9 Å². The molecular formula is C41H51N5O7S. The molecule has 3 unspecified atom stereocenters. The number of thiophene rings is 1. The number of esters is 1. The molecule has 4 rings (SSSR count). The number of likely N-dealkylation sites (N-methyl/N-ethyl adjacent to an activating group) is 1. The number of carbonyl (C=O) groups excluding carboxylic acids is 2. The number of ether oxygens (including phenoxy) is 5. The topological polar surface area (TPSA) is 136 Å². The Morgan fingerprint density at radius 1 is 0.944 bits per heavy atom. The quantitative estimate of drug-likeness (QED) is 0.0426. The Hall–Kier alpha value is -4.50. The van der Waals surface area contributed by atoms with Gasteiger partial charge in [0.15, 0.2) is 0 Å². The Morgan fingerprint density at radius 2 is 1.59 bits per heavy atom. The number of azo groups is 1. The van der Waals surface area contributed by atoms with Crippen molar-refractivity contribution in [2.75, 3.05) is 70.8 Å². The van der Waals surface area contributed by atoms with Gasteiger partial charge in [-0.15, -0.1) is 11.3 Å². The number of ketones is 1. The number of hydrogen-bond acceptors (Lipinski definition) is 12. The molecule has 1 aliphatic rings. The number of hydrogen-bond donors (Lipinski definition) is 0. The molecule has 54 heavy (non-hydrogen) atoms. The lowest BCUT2D eigenvalue weighted by atomic mass is 9.77. The van der Waals surface area contributed by atoms with E-state index >= 15 is 0 Å². The molecule has 288 valence electrons. The highest BCUT2D eigenvalue weighted by Crippen LogP contribution is 2.42. The molecule has 12 nitrogen and oxygen atoms in total. The van der Waals surface area contributed by atoms with Gasteiger partial charge in [0.05, 0.1) is 69.3 Å². The summed E-state index contributed by atoms with van der Waals surface area (Å²) in [6.07, 6.45) is 3.21. The van der Waals surface area contributed by atoms with Crippen LogP contribution in [0.25, 0.3) is 4.85 Å². The maximum absolute atomic E-state index is 12.4. The minimum Gasteiger partial charge on any atom is -0.463 e. The molecule has 3 atom stereocenters. The number of Topliss-reactive ketones (excluding diaryl/α,β-unsaturated/α-hetero) is 1. The zero-order valence-electron chi connectivity index (χ0n) is 31.8. The second kappa shape index (κ2) is 22.7. The Labute approximate surface area is 322 Å². The van der Waals surface area contributed by atoms with Gasteiger partial charge >= 0.3 is 5.97 Å². The van der Waals surface area contributed by atoms with Crippen LogP contribution >= 0.6 is 11.3 Å². The predicted molar refractivity (Wildman–Crippen MR) is 208 cm³/mol. The standard InChI is InChI=1S/C41H51N5O7S/c1-6-46(33-16-17-36(29(2)26-33)44-45-40-39(43-5)30(3)38(27-42)54-40)28-37(32-12-8-7-9-13-32)52-24-22-50-20-18-49-19-21-51-23-25-53-41(48)35-15-11-10-14-34(35)31(4)47/h7-9,12-13,16-17,26,34-35,37H,6,10-11,14-15,18-25,28H2,1-4H3. The van der Waals surface area contributed by atoms with Crippen molar-refractivity contribution in [3.05, 3.63) is 81.5 Å². The predicted octanol–water partition coefficient (Wildman–Crippen LogP) is 8.78. The van der Waals surface area contributed by atoms with Gasteiger partial charge < -0.3 is 28.6 Å². The van der Waals surface area contributed by atoms with E-state index in [1.54, 1.807) is 13.8 Å². The molecule has 1 saturated carbocycles. The fraction of sp³-hybridized carbons (Fsp3) is 0.512. The maximum atomic E-state index is 12.4. The molecule has 2 aromatic carbocycles. The Kier molecular flexibility index (Phi) is 17.7. The van der Waals surface area contributed by atoms with E-state index in [0.717, 1.165) is 42.6 Å². The van der Waals surface area contributed by atoms with Gasteiger partial charge in [-0.25, -0.2) is 4.85 Å². The number of benzene rings is 2. The van der Waals surface area contributed by atoms with Crippen LogP contribution in [-0.4, -0.2) is 77.7 Å². The molecule has 1 heterocycles. The van der Waals surface area contributed by atoms with E-state index in [2.05, 4.69) is 51.2 Å². The Bertz CT molecular complexity index is 1770. The monoisotopic (exact) mass is 757 g/mol. The van der Waals surface area contributed by atoms with Crippen molar-refractivity contribution in [1.29, 1.82) is 5.26 Å². The molecule has 1 aliphatic carbocycles. The molecule has 1 aromatic heterocycles. The van der Waals surface area contributed by atoms with Crippen molar-refractivity contribution >= 4 is 45.2 Å². The van der Waals surface area contributed by atoms with Crippen LogP contribution in [0.4, 0.5) is 22.1 Å². The SMILES string of the molecule is [C-]#[N+]c1c(N=Nc2ccc(N(CC)CC(OCCOCCOCCOCCOC(=O)C3CCCCC3C(C)=O)c3ccccc3)cc2C)sc(C#N)c1C. The van der Waals surface area contributed by atoms with E-state index < -0.39 is 0 Å². The first-order valence-corrected chi connectivity index (χ1v) is 19.3. The zero-order chi connectivity index (χ0) is 38.7. The molecule has 3 aromatic rings. The lowest BCUT2D eigenvalue weighted by Crippen LogP contribution is -2.33. The van der Waals surface area contributed by atoms with Crippen molar-refractivity contribution in [2.24, 2.45) is 22.1 Å². The van der Waals surface area contributed by atoms with Crippen LogP contribution in [0.2, 0.25) is 0 Å². The first-order valence-electron chi connectivity index (χ1n) is 18.5. The summed E-state index contributed by atoms with van der Waals surface area (Å²) in [5, 5.41) is 18.5. The molecule has 0 saturated heterocycles. The van der Waals surface area contributed by atoms with Crippen LogP contribution in [0.5, 0.6) is 0 Å². The first kappa shape index (κ1) is 42.2. The van der Waals surface area contributed by atoms with Crippen molar-refractivity contribution < 1.29 is 33.3 Å². The van der Waals surface area contributed by atoms with Crippen molar-refractivity contribution in [2.45, 2.75) is 59.5 Å². The normalized spacial score (nSPS) is 16.1. The summed E-state index contributed by atoms with van der Waals surface area (Å²) in [4.78, 5) is 30.6. The number of anilines is 1. The van der Waals surface area contributed by atoms with Gasteiger partial charge in [-0.3, -0.25) is 9.59 Å². The van der Waals surface area contributed by atoms with Crippen molar-refractivity contribution in [3.63, 3.8) is 0 Å². The number of carbonyl (C=O) groups is 2. The van der Waals surface area contributed by atoms with Gasteiger partial charge in [-0.1, -0.05) is 43.2 Å². The third-order valence-electron chi connectivity index (χ3n) is 9.40. The number of nitriles is 1. The largest absolute Gasteiger partial charge is 0.463 e. The Morgan fingerprint density at radius 3 is 2.20 bits per heavy atom. The number of rotatable bonds is 22. The number of aryl methyl sites for hydroxylation is 1. The Balaban J connectivity index is 1.16. The third-order valence-corrected chi connectivity index (χ3v) is 10.5. The summed E-state index contributed by atoms with van der Waals surface area (Å²) >= 11 is 1.18. The minimum absolute atomic E-state index is 0.0640. The van der Waals surface area contributed by atoms with Crippen LogP contribution in [0, 0.1) is 43.6 Å². The van der Waals surface area contributed by atoms with Gasteiger partial charge in [-0.2, -0.15) is 15.5 Å².